The molecule has 1 aromatic carbocycles. The van der Waals surface area contributed by atoms with E-state index >= 15 is 0 Å². The van der Waals surface area contributed by atoms with E-state index in [1.54, 1.807) is 29.3 Å². The van der Waals surface area contributed by atoms with Crippen molar-refractivity contribution in [1.82, 2.24) is 19.8 Å². The molecular weight excluding hydrogens is 311 g/mol. The highest BCUT2D eigenvalue weighted by atomic mass is 19.1. The molecule has 6 nitrogen and oxygen atoms in total. The number of carbonyl (C=O) groups is 2. The van der Waals surface area contributed by atoms with Crippen LogP contribution in [0, 0.1) is 5.82 Å². The molecule has 2 heterocycles. The van der Waals surface area contributed by atoms with Gasteiger partial charge in [-0.3, -0.25) is 19.6 Å². The molecule has 1 aromatic heterocycles. The molecule has 3 rings (SSSR count). The summed E-state index contributed by atoms with van der Waals surface area (Å²) in [4.78, 5) is 35.6. The third-order valence-corrected chi connectivity index (χ3v) is 3.94. The molecule has 24 heavy (non-hydrogen) atoms. The van der Waals surface area contributed by atoms with E-state index in [-0.39, 0.29) is 37.1 Å². The predicted molar refractivity (Wildman–Crippen MR) is 84.1 cm³/mol. The largest absolute Gasteiger partial charge is 0.335 e. The minimum absolute atomic E-state index is 0.00749. The molecule has 124 valence electrons. The molecule has 0 atom stereocenters. The maximum Gasteiger partial charge on any atom is 0.242 e. The molecule has 1 saturated heterocycles. The second-order valence-corrected chi connectivity index (χ2v) is 5.60. The van der Waals surface area contributed by atoms with Crippen LogP contribution in [0.15, 0.2) is 42.9 Å². The summed E-state index contributed by atoms with van der Waals surface area (Å²) in [5.41, 5.74) is 1.05. The van der Waals surface area contributed by atoms with Crippen molar-refractivity contribution in [3.63, 3.8) is 0 Å². The Hall–Kier alpha value is -2.83. The minimum Gasteiger partial charge on any atom is -0.335 e. The molecule has 1 fully saturated rings. The molecule has 2 aromatic rings. The van der Waals surface area contributed by atoms with Crippen molar-refractivity contribution in [3.8, 4) is 0 Å². The van der Waals surface area contributed by atoms with E-state index in [1.165, 1.54) is 23.4 Å². The van der Waals surface area contributed by atoms with Crippen LogP contribution in [0.25, 0.3) is 0 Å². The second-order valence-electron chi connectivity index (χ2n) is 5.60. The topological polar surface area (TPSA) is 66.4 Å². The minimum atomic E-state index is -0.327. The fourth-order valence-electron chi connectivity index (χ4n) is 2.61. The highest BCUT2D eigenvalue weighted by Crippen LogP contribution is 2.13. The molecule has 0 spiro atoms. The first-order valence-electron chi connectivity index (χ1n) is 7.67. The number of nitrogens with zero attached hydrogens (tertiary/aromatic N) is 4. The van der Waals surface area contributed by atoms with Gasteiger partial charge in [-0.2, -0.15) is 0 Å². The van der Waals surface area contributed by atoms with Gasteiger partial charge in [-0.25, -0.2) is 4.39 Å². The zero-order chi connectivity index (χ0) is 16.9. The summed E-state index contributed by atoms with van der Waals surface area (Å²) in [5, 5.41) is 0. The highest BCUT2D eigenvalue weighted by Gasteiger charge is 2.27. The smallest absolute Gasteiger partial charge is 0.242 e. The Morgan fingerprint density at radius 3 is 2.75 bits per heavy atom. The van der Waals surface area contributed by atoms with Gasteiger partial charge >= 0.3 is 0 Å². The highest BCUT2D eigenvalue weighted by molar-refractivity contribution is 5.86. The Kier molecular flexibility index (Phi) is 4.79. The van der Waals surface area contributed by atoms with E-state index in [1.807, 2.05) is 0 Å². The number of piperazine rings is 1. The molecule has 1 aliphatic heterocycles. The number of amides is 2. The fraction of sp³-hybridized carbons (Fsp3) is 0.294. The summed E-state index contributed by atoms with van der Waals surface area (Å²) in [6.45, 7) is 1.05. The summed E-state index contributed by atoms with van der Waals surface area (Å²) in [7, 11) is 0. The third-order valence-electron chi connectivity index (χ3n) is 3.94. The first-order valence-corrected chi connectivity index (χ1v) is 7.67. The van der Waals surface area contributed by atoms with Gasteiger partial charge in [0.1, 0.15) is 5.82 Å². The molecular formula is C17H17FN4O2. The lowest BCUT2D eigenvalue weighted by atomic mass is 10.1. The number of rotatable bonds is 4. The normalized spacial score (nSPS) is 14.8. The van der Waals surface area contributed by atoms with E-state index in [4.69, 9.17) is 0 Å². The Balaban J connectivity index is 1.58. The van der Waals surface area contributed by atoms with Gasteiger partial charge in [-0.1, -0.05) is 18.2 Å². The van der Waals surface area contributed by atoms with Crippen LogP contribution >= 0.6 is 0 Å². The van der Waals surface area contributed by atoms with E-state index < -0.39 is 0 Å². The average Bonchev–Trinajstić information content (AvgIpc) is 2.59. The van der Waals surface area contributed by atoms with Crippen LogP contribution in [0.2, 0.25) is 0 Å². The van der Waals surface area contributed by atoms with Crippen LogP contribution in [0.4, 0.5) is 4.39 Å². The van der Waals surface area contributed by atoms with Gasteiger partial charge in [0.05, 0.1) is 18.7 Å². The summed E-state index contributed by atoms with van der Waals surface area (Å²) >= 11 is 0. The fourth-order valence-corrected chi connectivity index (χ4v) is 2.61. The Morgan fingerprint density at radius 1 is 1.21 bits per heavy atom. The Bertz CT molecular complexity index is 738. The molecule has 0 saturated carbocycles. The van der Waals surface area contributed by atoms with Crippen LogP contribution in [0.5, 0.6) is 0 Å². The zero-order valence-electron chi connectivity index (χ0n) is 13.1. The van der Waals surface area contributed by atoms with Gasteiger partial charge in [0.25, 0.3) is 0 Å². The molecule has 2 amide bonds. The SMILES string of the molecule is O=C(Cc1cnccn1)N1CCN(Cc2ccccc2F)C(=O)C1. The van der Waals surface area contributed by atoms with Crippen molar-refractivity contribution >= 4 is 11.8 Å². The van der Waals surface area contributed by atoms with Crippen molar-refractivity contribution < 1.29 is 14.0 Å². The zero-order valence-corrected chi connectivity index (χ0v) is 13.1. The lowest BCUT2D eigenvalue weighted by Crippen LogP contribution is -2.52. The van der Waals surface area contributed by atoms with Crippen molar-refractivity contribution in [2.24, 2.45) is 0 Å². The van der Waals surface area contributed by atoms with E-state index in [0.29, 0.717) is 24.3 Å². The van der Waals surface area contributed by atoms with Gasteiger partial charge in [-0.15, -0.1) is 0 Å². The van der Waals surface area contributed by atoms with Gasteiger partial charge in [-0.05, 0) is 6.07 Å². The second kappa shape index (κ2) is 7.16. The van der Waals surface area contributed by atoms with Crippen molar-refractivity contribution in [3.05, 3.63) is 59.9 Å². The standard InChI is InChI=1S/C17H17FN4O2/c18-15-4-2-1-3-13(15)11-21-7-8-22(12-17(21)24)16(23)9-14-10-19-5-6-20-14/h1-6,10H,7-9,11-12H2. The number of aromatic nitrogens is 2. The summed E-state index contributed by atoms with van der Waals surface area (Å²) in [5.74, 6) is -0.669. The Morgan fingerprint density at radius 2 is 2.04 bits per heavy atom. The van der Waals surface area contributed by atoms with Gasteiger partial charge in [0.2, 0.25) is 11.8 Å². The van der Waals surface area contributed by atoms with Crippen LogP contribution in [0.1, 0.15) is 11.3 Å². The molecule has 1 aliphatic rings. The molecule has 0 unspecified atom stereocenters. The van der Waals surface area contributed by atoms with E-state index in [9.17, 15) is 14.0 Å². The first-order chi connectivity index (χ1) is 11.6. The maximum atomic E-state index is 13.7. The predicted octanol–water partition coefficient (Wildman–Crippen LogP) is 1.03. The summed E-state index contributed by atoms with van der Waals surface area (Å²) in [6.07, 6.45) is 4.72. The van der Waals surface area contributed by atoms with Crippen molar-refractivity contribution in [2.75, 3.05) is 19.6 Å². The van der Waals surface area contributed by atoms with Crippen molar-refractivity contribution in [2.45, 2.75) is 13.0 Å². The Labute approximate surface area is 138 Å². The monoisotopic (exact) mass is 328 g/mol. The third kappa shape index (κ3) is 3.73. The number of hydrogen-bond acceptors (Lipinski definition) is 4. The van der Waals surface area contributed by atoms with Crippen LogP contribution in [-0.4, -0.2) is 51.2 Å². The molecule has 0 N–H and O–H groups in total. The number of hydrogen-bond donors (Lipinski definition) is 0. The van der Waals surface area contributed by atoms with Gasteiger partial charge in [0, 0.05) is 43.8 Å². The number of benzene rings is 1. The summed E-state index contributed by atoms with van der Waals surface area (Å²) < 4.78 is 13.7. The first kappa shape index (κ1) is 16.0. The van der Waals surface area contributed by atoms with Crippen molar-refractivity contribution in [1.29, 1.82) is 0 Å². The maximum absolute atomic E-state index is 13.7. The molecule has 0 aliphatic carbocycles. The van der Waals surface area contributed by atoms with Crippen LogP contribution in [-0.2, 0) is 22.6 Å². The van der Waals surface area contributed by atoms with E-state index in [0.717, 1.165) is 0 Å². The lowest BCUT2D eigenvalue weighted by molar-refractivity contribution is -0.145. The van der Waals surface area contributed by atoms with E-state index in [2.05, 4.69) is 9.97 Å². The summed E-state index contributed by atoms with van der Waals surface area (Å²) in [6, 6.07) is 6.39. The van der Waals surface area contributed by atoms with Gasteiger partial charge in [0.15, 0.2) is 0 Å². The lowest BCUT2D eigenvalue weighted by Gasteiger charge is -2.34. The molecule has 7 heteroatoms. The molecule has 0 radical (unpaired) electrons. The quantitative estimate of drug-likeness (QED) is 0.841. The number of carbonyl (C=O) groups excluding carboxylic acids is 2. The van der Waals surface area contributed by atoms with Crippen LogP contribution in [0.3, 0.4) is 0 Å². The molecule has 0 bridgehead atoms. The van der Waals surface area contributed by atoms with Gasteiger partial charge < -0.3 is 9.80 Å². The van der Waals surface area contributed by atoms with Crippen LogP contribution < -0.4 is 0 Å². The average molecular weight is 328 g/mol. The number of halogens is 1.